The van der Waals surface area contributed by atoms with E-state index in [1.54, 1.807) is 4.90 Å². The second-order valence-electron chi connectivity index (χ2n) is 5.92. The fourth-order valence-corrected chi connectivity index (χ4v) is 3.03. The molecule has 1 N–H and O–H groups in total. The number of fused-ring (bicyclic) bond motifs is 1. The number of nitrogens with zero attached hydrogens (tertiary/aromatic N) is 1. The van der Waals surface area contributed by atoms with Gasteiger partial charge >= 0.3 is 0 Å². The van der Waals surface area contributed by atoms with E-state index in [0.717, 1.165) is 36.9 Å². The van der Waals surface area contributed by atoms with Gasteiger partial charge in [0.1, 0.15) is 0 Å². The highest BCUT2D eigenvalue weighted by Gasteiger charge is 2.24. The van der Waals surface area contributed by atoms with Crippen molar-refractivity contribution in [3.05, 3.63) is 42.0 Å². The standard InChI is InChI=1S/C19H26N2O2/c1-3-5-6-7-13-20-19(23)16-10-8-12-17-15(16)11-9-14-21(17)18(22)4-2/h4,8,10,12H,2-3,5-7,9,11,13-14H2,1H3,(H,20,23). The second kappa shape index (κ2) is 8.51. The first-order chi connectivity index (χ1) is 11.2. The van der Waals surface area contributed by atoms with Crippen molar-refractivity contribution in [2.45, 2.75) is 45.4 Å². The fourth-order valence-electron chi connectivity index (χ4n) is 3.03. The summed E-state index contributed by atoms with van der Waals surface area (Å²) in [5.74, 6) is -0.144. The second-order valence-corrected chi connectivity index (χ2v) is 5.92. The number of hydrogen-bond acceptors (Lipinski definition) is 2. The molecule has 2 rings (SSSR count). The van der Waals surface area contributed by atoms with Crippen LogP contribution in [0.1, 0.15) is 54.9 Å². The minimum atomic E-state index is -0.108. The highest BCUT2D eigenvalue weighted by Crippen LogP contribution is 2.30. The maximum absolute atomic E-state index is 12.5. The summed E-state index contributed by atoms with van der Waals surface area (Å²) in [6.07, 6.45) is 7.57. The molecule has 23 heavy (non-hydrogen) atoms. The average Bonchev–Trinajstić information content (AvgIpc) is 2.59. The lowest BCUT2D eigenvalue weighted by molar-refractivity contribution is -0.114. The van der Waals surface area contributed by atoms with Crippen molar-refractivity contribution in [3.63, 3.8) is 0 Å². The van der Waals surface area contributed by atoms with Crippen molar-refractivity contribution in [2.75, 3.05) is 18.0 Å². The van der Waals surface area contributed by atoms with Gasteiger partial charge in [-0.15, -0.1) is 0 Å². The van der Waals surface area contributed by atoms with E-state index >= 15 is 0 Å². The molecular formula is C19H26N2O2. The van der Waals surface area contributed by atoms with Gasteiger partial charge in [-0.3, -0.25) is 9.59 Å². The van der Waals surface area contributed by atoms with Crippen LogP contribution in [0.25, 0.3) is 0 Å². The van der Waals surface area contributed by atoms with Crippen molar-refractivity contribution in [3.8, 4) is 0 Å². The number of hydrogen-bond donors (Lipinski definition) is 1. The SMILES string of the molecule is C=CC(=O)N1CCCc2c(C(=O)NCCCCCC)cccc21. The zero-order chi connectivity index (χ0) is 16.7. The number of rotatable bonds is 7. The number of amides is 2. The zero-order valence-corrected chi connectivity index (χ0v) is 13.9. The molecule has 2 amide bonds. The molecule has 4 nitrogen and oxygen atoms in total. The zero-order valence-electron chi connectivity index (χ0n) is 13.9. The van der Waals surface area contributed by atoms with E-state index in [1.807, 2.05) is 18.2 Å². The molecule has 0 bridgehead atoms. The molecule has 1 aromatic rings. The van der Waals surface area contributed by atoms with Crippen LogP contribution in [-0.2, 0) is 11.2 Å². The van der Waals surface area contributed by atoms with E-state index in [4.69, 9.17) is 0 Å². The number of unbranched alkanes of at least 4 members (excludes halogenated alkanes) is 3. The van der Waals surface area contributed by atoms with E-state index in [1.165, 1.54) is 18.9 Å². The van der Waals surface area contributed by atoms with E-state index in [0.29, 0.717) is 18.7 Å². The van der Waals surface area contributed by atoms with E-state index in [2.05, 4.69) is 18.8 Å². The van der Waals surface area contributed by atoms with Crippen molar-refractivity contribution >= 4 is 17.5 Å². The van der Waals surface area contributed by atoms with Crippen LogP contribution in [0.2, 0.25) is 0 Å². The van der Waals surface area contributed by atoms with Crippen molar-refractivity contribution < 1.29 is 9.59 Å². The van der Waals surface area contributed by atoms with Crippen molar-refractivity contribution in [2.24, 2.45) is 0 Å². The van der Waals surface area contributed by atoms with Gasteiger partial charge in [0.15, 0.2) is 0 Å². The third-order valence-corrected chi connectivity index (χ3v) is 4.25. The third-order valence-electron chi connectivity index (χ3n) is 4.25. The minimum Gasteiger partial charge on any atom is -0.352 e. The smallest absolute Gasteiger partial charge is 0.251 e. The Morgan fingerprint density at radius 3 is 2.87 bits per heavy atom. The maximum atomic E-state index is 12.5. The molecule has 0 saturated carbocycles. The van der Waals surface area contributed by atoms with Crippen LogP contribution in [0.15, 0.2) is 30.9 Å². The molecule has 0 fully saturated rings. The van der Waals surface area contributed by atoms with Crippen molar-refractivity contribution in [1.82, 2.24) is 5.32 Å². The molecule has 1 aromatic carbocycles. The van der Waals surface area contributed by atoms with E-state index in [-0.39, 0.29) is 11.8 Å². The lowest BCUT2D eigenvalue weighted by Gasteiger charge is -2.29. The lowest BCUT2D eigenvalue weighted by Crippen LogP contribution is -2.35. The van der Waals surface area contributed by atoms with Crippen molar-refractivity contribution in [1.29, 1.82) is 0 Å². The molecule has 4 heteroatoms. The number of carbonyl (C=O) groups is 2. The normalized spacial score (nSPS) is 13.3. The van der Waals surface area contributed by atoms with Gasteiger partial charge in [0.05, 0.1) is 0 Å². The first-order valence-electron chi connectivity index (χ1n) is 8.53. The first-order valence-corrected chi connectivity index (χ1v) is 8.53. The van der Waals surface area contributed by atoms with E-state index in [9.17, 15) is 9.59 Å². The Bertz CT molecular complexity index is 581. The molecular weight excluding hydrogens is 288 g/mol. The molecule has 1 aliphatic rings. The van der Waals surface area contributed by atoms with Gasteiger partial charge in [-0.2, -0.15) is 0 Å². The Morgan fingerprint density at radius 2 is 2.13 bits per heavy atom. The van der Waals surface area contributed by atoms with Gasteiger partial charge in [0, 0.05) is 24.3 Å². The van der Waals surface area contributed by atoms with Gasteiger partial charge in [0.2, 0.25) is 5.91 Å². The molecule has 0 aliphatic carbocycles. The largest absolute Gasteiger partial charge is 0.352 e. The summed E-state index contributed by atoms with van der Waals surface area (Å²) in [6.45, 7) is 7.12. The third kappa shape index (κ3) is 4.21. The van der Waals surface area contributed by atoms with Crippen LogP contribution in [0.3, 0.4) is 0 Å². The molecule has 0 atom stereocenters. The average molecular weight is 314 g/mol. The predicted octanol–water partition coefficient (Wildman–Crippen LogP) is 3.46. The molecule has 1 heterocycles. The monoisotopic (exact) mass is 314 g/mol. The minimum absolute atomic E-state index is 0.0359. The Hall–Kier alpha value is -2.10. The van der Waals surface area contributed by atoms with Gasteiger partial charge < -0.3 is 10.2 Å². The Kier molecular flexibility index (Phi) is 6.39. The first kappa shape index (κ1) is 17.3. The summed E-state index contributed by atoms with van der Waals surface area (Å²) in [7, 11) is 0. The van der Waals surface area contributed by atoms with Crippen LogP contribution >= 0.6 is 0 Å². The molecule has 0 radical (unpaired) electrons. The van der Waals surface area contributed by atoms with Gasteiger partial charge in [-0.05, 0) is 43.0 Å². The molecule has 0 spiro atoms. The Morgan fingerprint density at radius 1 is 1.30 bits per heavy atom. The summed E-state index contributed by atoms with van der Waals surface area (Å²) < 4.78 is 0. The molecule has 0 saturated heterocycles. The molecule has 124 valence electrons. The van der Waals surface area contributed by atoms with Crippen LogP contribution < -0.4 is 10.2 Å². The van der Waals surface area contributed by atoms with Crippen LogP contribution in [0, 0.1) is 0 Å². The maximum Gasteiger partial charge on any atom is 0.251 e. The van der Waals surface area contributed by atoms with Gasteiger partial charge in [-0.25, -0.2) is 0 Å². The highest BCUT2D eigenvalue weighted by atomic mass is 16.2. The fraction of sp³-hybridized carbons (Fsp3) is 0.474. The summed E-state index contributed by atoms with van der Waals surface area (Å²) in [5.41, 5.74) is 2.51. The molecule has 0 aromatic heterocycles. The van der Waals surface area contributed by atoms with Crippen LogP contribution in [-0.4, -0.2) is 24.9 Å². The summed E-state index contributed by atoms with van der Waals surface area (Å²) >= 11 is 0. The Balaban J connectivity index is 2.10. The number of anilines is 1. The quantitative estimate of drug-likeness (QED) is 0.619. The van der Waals surface area contributed by atoms with Crippen LogP contribution in [0.4, 0.5) is 5.69 Å². The van der Waals surface area contributed by atoms with E-state index < -0.39 is 0 Å². The highest BCUT2D eigenvalue weighted by molar-refractivity contribution is 6.04. The topological polar surface area (TPSA) is 49.4 Å². The van der Waals surface area contributed by atoms with Gasteiger partial charge in [0.25, 0.3) is 5.91 Å². The number of nitrogens with one attached hydrogen (secondary N) is 1. The Labute approximate surface area is 138 Å². The van der Waals surface area contributed by atoms with Crippen LogP contribution in [0.5, 0.6) is 0 Å². The summed E-state index contributed by atoms with van der Waals surface area (Å²) in [4.78, 5) is 26.2. The molecule has 0 unspecified atom stereocenters. The summed E-state index contributed by atoms with van der Waals surface area (Å²) in [5, 5.41) is 3.00. The number of benzene rings is 1. The molecule has 1 aliphatic heterocycles. The number of carbonyl (C=O) groups excluding carboxylic acids is 2. The van der Waals surface area contributed by atoms with Gasteiger partial charge in [-0.1, -0.05) is 38.8 Å². The predicted molar refractivity (Wildman–Crippen MR) is 93.8 cm³/mol. The summed E-state index contributed by atoms with van der Waals surface area (Å²) in [6, 6.07) is 5.61. The lowest BCUT2D eigenvalue weighted by atomic mass is 9.95.